The van der Waals surface area contributed by atoms with E-state index in [0.717, 1.165) is 66.3 Å². The molecule has 0 unspecified atom stereocenters. The minimum atomic E-state index is -0.0481. The largest absolute Gasteiger partial charge is 0.456 e. The fourth-order valence-corrected chi connectivity index (χ4v) is 11.3. The summed E-state index contributed by atoms with van der Waals surface area (Å²) in [6.45, 7) is 4.67. The lowest BCUT2D eigenvalue weighted by molar-refractivity contribution is 0.660. The van der Waals surface area contributed by atoms with E-state index in [-0.39, 0.29) is 5.41 Å². The first-order valence-corrected chi connectivity index (χ1v) is 22.9. The van der Waals surface area contributed by atoms with Crippen LogP contribution in [-0.4, -0.2) is 15.0 Å². The Labute approximate surface area is 380 Å². The summed E-state index contributed by atoms with van der Waals surface area (Å²) in [5, 5.41) is 4.33. The average Bonchev–Trinajstić information content (AvgIpc) is 4.01. The number of hydrogen-bond donors (Lipinski definition) is 0. The van der Waals surface area contributed by atoms with E-state index in [1.807, 2.05) is 18.2 Å². The lowest BCUT2D eigenvalue weighted by atomic mass is 9.81. The summed E-state index contributed by atoms with van der Waals surface area (Å²) < 4.78 is 9.02. The van der Waals surface area contributed by atoms with Gasteiger partial charge in [-0.1, -0.05) is 178 Å². The van der Waals surface area contributed by atoms with Gasteiger partial charge in [-0.15, -0.1) is 11.3 Å². The Hall–Kier alpha value is -7.99. The highest BCUT2D eigenvalue weighted by molar-refractivity contribution is 7.25. The molecule has 12 aromatic rings. The summed E-state index contributed by atoms with van der Waals surface area (Å²) in [6, 6.07) is 71.3. The zero-order valence-corrected chi connectivity index (χ0v) is 36.5. The number of nitrogens with zero attached hydrogens (tertiary/aromatic N) is 3. The van der Waals surface area contributed by atoms with Crippen molar-refractivity contribution in [1.29, 1.82) is 0 Å². The van der Waals surface area contributed by atoms with Gasteiger partial charge in [0.15, 0.2) is 17.5 Å². The van der Waals surface area contributed by atoms with Crippen LogP contribution in [0.25, 0.3) is 121 Å². The summed E-state index contributed by atoms with van der Waals surface area (Å²) in [7, 11) is 0. The van der Waals surface area contributed by atoms with Crippen LogP contribution in [0.2, 0.25) is 0 Å². The fraction of sp³-hybridized carbons (Fsp3) is 0.0500. The summed E-state index contributed by atoms with van der Waals surface area (Å²) >= 11 is 1.79. The third-order valence-electron chi connectivity index (χ3n) is 13.4. The molecular formula is C60H39N3OS. The molecule has 3 aromatic heterocycles. The topological polar surface area (TPSA) is 51.8 Å². The maximum atomic E-state index is 6.59. The molecule has 0 amide bonds. The van der Waals surface area contributed by atoms with Gasteiger partial charge in [-0.05, 0) is 92.0 Å². The molecule has 0 atom stereocenters. The molecule has 0 aliphatic heterocycles. The Kier molecular flexibility index (Phi) is 8.39. The van der Waals surface area contributed by atoms with Crippen molar-refractivity contribution in [2.75, 3.05) is 0 Å². The predicted molar refractivity (Wildman–Crippen MR) is 270 cm³/mol. The maximum absolute atomic E-state index is 6.59. The van der Waals surface area contributed by atoms with Crippen LogP contribution in [0.15, 0.2) is 205 Å². The zero-order valence-electron chi connectivity index (χ0n) is 35.7. The number of aromatic nitrogens is 3. The molecule has 306 valence electrons. The van der Waals surface area contributed by atoms with Gasteiger partial charge in [0.25, 0.3) is 0 Å². The number of fused-ring (bicyclic) bond motifs is 9. The normalized spacial score (nSPS) is 12.9. The minimum absolute atomic E-state index is 0.0481. The molecule has 1 aliphatic carbocycles. The molecule has 13 rings (SSSR count). The highest BCUT2D eigenvalue weighted by Crippen LogP contribution is 2.50. The second-order valence-electron chi connectivity index (χ2n) is 17.5. The standard InChI is InChI=1S/C60H39N3OS/c1-60(2)49-22-10-8-17-42(49)43-32-30-40(35-50(43)60)37-28-26-36(27-29-37)39-31-33-51-48(34-39)55-46(20-12-23-52(55)64-51)58-61-57(44-18-7-6-16-41(44)38-14-4-3-5-15-38)62-59(63-58)47-21-13-25-54-56(47)45-19-9-11-24-53(45)65-54/h3-35H,1-2H3. The maximum Gasteiger partial charge on any atom is 0.164 e. The molecule has 4 nitrogen and oxygen atoms in total. The second kappa shape index (κ2) is 14.5. The SMILES string of the molecule is CC1(C)c2ccccc2-c2ccc(-c3ccc(-c4ccc5oc6cccc(-c7nc(-c8ccccc8-c8ccccc8)nc(-c8cccc9sc%10ccccc%10c89)n7)c6c5c4)cc3)cc21. The third kappa shape index (κ3) is 6.00. The average molecular weight is 850 g/mol. The van der Waals surface area contributed by atoms with Gasteiger partial charge in [0.2, 0.25) is 0 Å². The van der Waals surface area contributed by atoms with Gasteiger partial charge in [0.05, 0.1) is 0 Å². The first-order chi connectivity index (χ1) is 32.0. The highest BCUT2D eigenvalue weighted by atomic mass is 32.1. The molecule has 0 bridgehead atoms. The lowest BCUT2D eigenvalue weighted by Gasteiger charge is -2.22. The van der Waals surface area contributed by atoms with Crippen LogP contribution in [0, 0.1) is 0 Å². The van der Waals surface area contributed by atoms with E-state index < -0.39 is 0 Å². The molecule has 0 radical (unpaired) electrons. The first-order valence-electron chi connectivity index (χ1n) is 22.1. The molecule has 0 saturated carbocycles. The van der Waals surface area contributed by atoms with Crippen LogP contribution in [0.4, 0.5) is 0 Å². The molecule has 65 heavy (non-hydrogen) atoms. The van der Waals surface area contributed by atoms with E-state index in [9.17, 15) is 0 Å². The van der Waals surface area contributed by atoms with E-state index in [1.165, 1.54) is 48.2 Å². The molecule has 3 heterocycles. The van der Waals surface area contributed by atoms with Crippen LogP contribution >= 0.6 is 11.3 Å². The number of furan rings is 1. The Morgan fingerprint density at radius 2 is 0.908 bits per heavy atom. The molecule has 5 heteroatoms. The quantitative estimate of drug-likeness (QED) is 0.167. The monoisotopic (exact) mass is 849 g/mol. The van der Waals surface area contributed by atoms with Crippen molar-refractivity contribution in [1.82, 2.24) is 15.0 Å². The van der Waals surface area contributed by atoms with E-state index in [1.54, 1.807) is 11.3 Å². The van der Waals surface area contributed by atoms with Crippen molar-refractivity contribution < 1.29 is 4.42 Å². The number of rotatable bonds is 6. The van der Waals surface area contributed by atoms with Crippen molar-refractivity contribution in [3.05, 3.63) is 211 Å². The van der Waals surface area contributed by atoms with Crippen LogP contribution in [-0.2, 0) is 5.41 Å². The molecule has 9 aromatic carbocycles. The van der Waals surface area contributed by atoms with Crippen LogP contribution < -0.4 is 0 Å². The summed E-state index contributed by atoms with van der Waals surface area (Å²) in [6.07, 6.45) is 0. The number of benzene rings is 9. The Bertz CT molecular complexity index is 3860. The predicted octanol–water partition coefficient (Wildman–Crippen LogP) is 16.4. The molecule has 0 saturated heterocycles. The highest BCUT2D eigenvalue weighted by Gasteiger charge is 2.35. The second-order valence-corrected chi connectivity index (χ2v) is 18.6. The van der Waals surface area contributed by atoms with Crippen molar-refractivity contribution in [3.8, 4) is 78.7 Å². The van der Waals surface area contributed by atoms with Crippen LogP contribution in [0.3, 0.4) is 0 Å². The van der Waals surface area contributed by atoms with Gasteiger partial charge >= 0.3 is 0 Å². The molecule has 0 spiro atoms. The Morgan fingerprint density at radius 3 is 1.69 bits per heavy atom. The number of thiophene rings is 1. The lowest BCUT2D eigenvalue weighted by Crippen LogP contribution is -2.14. The zero-order chi connectivity index (χ0) is 43.2. The van der Waals surface area contributed by atoms with E-state index in [2.05, 4.69) is 196 Å². The third-order valence-corrected chi connectivity index (χ3v) is 14.5. The van der Waals surface area contributed by atoms with Crippen molar-refractivity contribution in [3.63, 3.8) is 0 Å². The Morgan fingerprint density at radius 1 is 0.354 bits per heavy atom. The molecule has 1 aliphatic rings. The van der Waals surface area contributed by atoms with Gasteiger partial charge in [-0.25, -0.2) is 15.0 Å². The van der Waals surface area contributed by atoms with E-state index in [4.69, 9.17) is 19.4 Å². The van der Waals surface area contributed by atoms with E-state index in [0.29, 0.717) is 17.5 Å². The first kappa shape index (κ1) is 37.6. The van der Waals surface area contributed by atoms with Crippen molar-refractivity contribution in [2.45, 2.75) is 19.3 Å². The van der Waals surface area contributed by atoms with Gasteiger partial charge < -0.3 is 4.42 Å². The molecule has 0 fully saturated rings. The van der Waals surface area contributed by atoms with Gasteiger partial charge in [-0.3, -0.25) is 0 Å². The van der Waals surface area contributed by atoms with Gasteiger partial charge in [0.1, 0.15) is 11.2 Å². The fourth-order valence-electron chi connectivity index (χ4n) is 10.2. The van der Waals surface area contributed by atoms with E-state index >= 15 is 0 Å². The van der Waals surface area contributed by atoms with Gasteiger partial charge in [-0.2, -0.15) is 0 Å². The summed E-state index contributed by atoms with van der Waals surface area (Å²) in [4.78, 5) is 16.1. The smallest absolute Gasteiger partial charge is 0.164 e. The van der Waals surface area contributed by atoms with Crippen LogP contribution in [0.5, 0.6) is 0 Å². The summed E-state index contributed by atoms with van der Waals surface area (Å²) in [5.74, 6) is 1.83. The minimum Gasteiger partial charge on any atom is -0.456 e. The molecule has 0 N–H and O–H groups in total. The molecular weight excluding hydrogens is 811 g/mol. The van der Waals surface area contributed by atoms with Crippen molar-refractivity contribution >= 4 is 53.4 Å². The summed E-state index contributed by atoms with van der Waals surface area (Å²) in [5.41, 5.74) is 16.6. The Balaban J connectivity index is 0.951. The van der Waals surface area contributed by atoms with Gasteiger partial charge in [0, 0.05) is 53.1 Å². The van der Waals surface area contributed by atoms with Crippen molar-refractivity contribution in [2.24, 2.45) is 0 Å². The number of hydrogen-bond acceptors (Lipinski definition) is 5. The van der Waals surface area contributed by atoms with Crippen LogP contribution in [0.1, 0.15) is 25.0 Å².